The zero-order valence-corrected chi connectivity index (χ0v) is 13.7. The fourth-order valence-corrected chi connectivity index (χ4v) is 4.16. The molecule has 5 heteroatoms. The normalized spacial score (nSPS) is 11.1. The number of fused-ring (bicyclic) bond motifs is 1. The summed E-state index contributed by atoms with van der Waals surface area (Å²) in [5.74, 6) is 0. The number of hydrogen-bond donors (Lipinski definition) is 1. The maximum Gasteiger partial charge on any atom is 0.184 e. The van der Waals surface area contributed by atoms with Crippen LogP contribution in [0.1, 0.15) is 16.7 Å². The second-order valence-electron chi connectivity index (χ2n) is 4.21. The molecular formula is C14H13BrN2S2. The number of nitrogens with one attached hydrogen (secondary N) is 1. The van der Waals surface area contributed by atoms with E-state index in [9.17, 15) is 0 Å². The lowest BCUT2D eigenvalue weighted by molar-refractivity contribution is 1.18. The molecule has 0 saturated heterocycles. The summed E-state index contributed by atoms with van der Waals surface area (Å²) in [6.45, 7) is 3.04. The van der Waals surface area contributed by atoms with Crippen molar-refractivity contribution in [3.63, 3.8) is 0 Å². The molecule has 3 aromatic rings. The quantitative estimate of drug-likeness (QED) is 0.689. The molecule has 98 valence electrons. The fraction of sp³-hybridized carbons (Fsp3) is 0.214. The number of anilines is 1. The molecule has 0 atom stereocenters. The van der Waals surface area contributed by atoms with Crippen LogP contribution in [0.2, 0.25) is 0 Å². The minimum absolute atomic E-state index is 0.853. The van der Waals surface area contributed by atoms with Crippen molar-refractivity contribution >= 4 is 54.0 Å². The smallest absolute Gasteiger partial charge is 0.184 e. The van der Waals surface area contributed by atoms with Crippen molar-refractivity contribution in [2.24, 2.45) is 0 Å². The van der Waals surface area contributed by atoms with E-state index < -0.39 is 0 Å². The molecule has 0 fully saturated rings. The number of benzene rings is 1. The molecule has 1 aromatic carbocycles. The van der Waals surface area contributed by atoms with Gasteiger partial charge in [0.05, 0.1) is 16.8 Å². The van der Waals surface area contributed by atoms with Crippen molar-refractivity contribution in [2.45, 2.75) is 19.9 Å². The van der Waals surface area contributed by atoms with Gasteiger partial charge >= 0.3 is 0 Å². The monoisotopic (exact) mass is 352 g/mol. The topological polar surface area (TPSA) is 24.9 Å². The van der Waals surface area contributed by atoms with Gasteiger partial charge in [-0.05, 0) is 36.8 Å². The second kappa shape index (κ2) is 5.61. The number of hydrogen-bond acceptors (Lipinski definition) is 4. The van der Waals surface area contributed by atoms with Crippen LogP contribution in [0.4, 0.5) is 5.13 Å². The Morgan fingerprint density at radius 1 is 1.16 bits per heavy atom. The van der Waals surface area contributed by atoms with E-state index in [1.807, 2.05) is 23.5 Å². The summed E-state index contributed by atoms with van der Waals surface area (Å²) in [6.07, 6.45) is 1.11. The van der Waals surface area contributed by atoms with E-state index in [0.717, 1.165) is 28.1 Å². The molecule has 2 nitrogen and oxygen atoms in total. The molecule has 1 N–H and O–H groups in total. The van der Waals surface area contributed by atoms with Crippen LogP contribution < -0.4 is 5.32 Å². The molecule has 19 heavy (non-hydrogen) atoms. The summed E-state index contributed by atoms with van der Waals surface area (Å²) in [5, 5.41) is 4.40. The molecule has 0 unspecified atom stereocenters. The zero-order valence-electron chi connectivity index (χ0n) is 10.4. The number of aromatic nitrogens is 1. The largest absolute Gasteiger partial charge is 0.357 e. The summed E-state index contributed by atoms with van der Waals surface area (Å²) in [6, 6.07) is 10.6. The maximum atomic E-state index is 4.59. The molecule has 0 aliphatic carbocycles. The van der Waals surface area contributed by atoms with Crippen molar-refractivity contribution in [1.29, 1.82) is 0 Å². The number of aryl methyl sites for hydroxylation is 1. The number of nitrogens with zero attached hydrogens (tertiary/aromatic N) is 1. The molecule has 0 spiro atoms. The third-order valence-corrected chi connectivity index (χ3v) is 5.53. The summed E-state index contributed by atoms with van der Waals surface area (Å²) in [5.41, 5.74) is 1.05. The SMILES string of the molecule is CCc1ccc(CNc2nc3ccc(Br)cc3s2)s1. The van der Waals surface area contributed by atoms with Gasteiger partial charge in [-0.3, -0.25) is 0 Å². The van der Waals surface area contributed by atoms with Gasteiger partial charge in [0.15, 0.2) is 5.13 Å². The molecule has 2 heterocycles. The van der Waals surface area contributed by atoms with E-state index in [2.05, 4.69) is 51.4 Å². The first kappa shape index (κ1) is 13.1. The van der Waals surface area contributed by atoms with Crippen LogP contribution in [0.3, 0.4) is 0 Å². The Bertz CT molecular complexity index is 702. The van der Waals surface area contributed by atoms with Crippen LogP contribution in [0.15, 0.2) is 34.8 Å². The van der Waals surface area contributed by atoms with Gasteiger partial charge in [-0.1, -0.05) is 34.2 Å². The lowest BCUT2D eigenvalue weighted by Gasteiger charge is -1.98. The van der Waals surface area contributed by atoms with Gasteiger partial charge in [0, 0.05) is 14.2 Å². The van der Waals surface area contributed by atoms with Crippen LogP contribution in [0.25, 0.3) is 10.2 Å². The van der Waals surface area contributed by atoms with Gasteiger partial charge in [0.2, 0.25) is 0 Å². The summed E-state index contributed by atoms with van der Waals surface area (Å²) >= 11 is 7.05. The second-order valence-corrected chi connectivity index (χ2v) is 7.41. The van der Waals surface area contributed by atoms with Gasteiger partial charge in [-0.15, -0.1) is 11.3 Å². The van der Waals surface area contributed by atoms with E-state index in [1.54, 1.807) is 11.3 Å². The van der Waals surface area contributed by atoms with E-state index >= 15 is 0 Å². The Hall–Kier alpha value is -0.910. The van der Waals surface area contributed by atoms with Crippen molar-refractivity contribution in [1.82, 2.24) is 4.98 Å². The highest BCUT2D eigenvalue weighted by atomic mass is 79.9. The highest BCUT2D eigenvalue weighted by Gasteiger charge is 2.05. The van der Waals surface area contributed by atoms with Gasteiger partial charge in [-0.25, -0.2) is 4.98 Å². The number of rotatable bonds is 4. The van der Waals surface area contributed by atoms with Gasteiger partial charge < -0.3 is 5.32 Å². The van der Waals surface area contributed by atoms with Crippen molar-refractivity contribution in [2.75, 3.05) is 5.32 Å². The molecular weight excluding hydrogens is 340 g/mol. The van der Waals surface area contributed by atoms with E-state index in [0.29, 0.717) is 0 Å². The first-order valence-electron chi connectivity index (χ1n) is 6.12. The van der Waals surface area contributed by atoms with Crippen molar-refractivity contribution in [3.05, 3.63) is 44.6 Å². The van der Waals surface area contributed by atoms with E-state index in [4.69, 9.17) is 0 Å². The van der Waals surface area contributed by atoms with Crippen molar-refractivity contribution < 1.29 is 0 Å². The van der Waals surface area contributed by atoms with Crippen LogP contribution in [0, 0.1) is 0 Å². The third-order valence-electron chi connectivity index (χ3n) is 2.83. The third kappa shape index (κ3) is 2.99. The van der Waals surface area contributed by atoms with Crippen LogP contribution in [-0.4, -0.2) is 4.98 Å². The molecule has 2 aromatic heterocycles. The first-order chi connectivity index (χ1) is 9.24. The molecule has 0 aliphatic heterocycles. The minimum Gasteiger partial charge on any atom is -0.357 e. The Balaban J connectivity index is 1.74. The Kier molecular flexibility index (Phi) is 3.86. The lowest BCUT2D eigenvalue weighted by Crippen LogP contribution is -1.95. The fourth-order valence-electron chi connectivity index (χ4n) is 1.84. The number of halogens is 1. The van der Waals surface area contributed by atoms with Crippen LogP contribution in [-0.2, 0) is 13.0 Å². The Morgan fingerprint density at radius 2 is 2.00 bits per heavy atom. The average Bonchev–Trinajstić information content (AvgIpc) is 3.01. The number of thiazole rings is 1. The molecule has 0 aliphatic rings. The maximum absolute atomic E-state index is 4.59. The summed E-state index contributed by atoms with van der Waals surface area (Å²) in [7, 11) is 0. The Labute approximate surface area is 128 Å². The first-order valence-corrected chi connectivity index (χ1v) is 8.55. The van der Waals surface area contributed by atoms with Crippen LogP contribution in [0.5, 0.6) is 0 Å². The molecule has 0 bridgehead atoms. The Morgan fingerprint density at radius 3 is 2.79 bits per heavy atom. The predicted octanol–water partition coefficient (Wildman–Crippen LogP) is 5.29. The molecule has 0 saturated carbocycles. The summed E-state index contributed by atoms with van der Waals surface area (Å²) < 4.78 is 2.30. The van der Waals surface area contributed by atoms with Crippen molar-refractivity contribution in [3.8, 4) is 0 Å². The molecule has 3 rings (SSSR count). The highest BCUT2D eigenvalue weighted by Crippen LogP contribution is 2.29. The zero-order chi connectivity index (χ0) is 13.2. The van der Waals surface area contributed by atoms with Gasteiger partial charge in [0.25, 0.3) is 0 Å². The number of thiophene rings is 1. The van der Waals surface area contributed by atoms with E-state index in [1.165, 1.54) is 14.5 Å². The van der Waals surface area contributed by atoms with Crippen LogP contribution >= 0.6 is 38.6 Å². The molecule has 0 radical (unpaired) electrons. The highest BCUT2D eigenvalue weighted by molar-refractivity contribution is 9.10. The van der Waals surface area contributed by atoms with E-state index in [-0.39, 0.29) is 0 Å². The average molecular weight is 353 g/mol. The van der Waals surface area contributed by atoms with Gasteiger partial charge in [0.1, 0.15) is 0 Å². The standard InChI is InChI=1S/C14H13BrN2S2/c1-2-10-4-5-11(18-10)8-16-14-17-12-6-3-9(15)7-13(12)19-14/h3-7H,2,8H2,1H3,(H,16,17). The summed E-state index contributed by atoms with van der Waals surface area (Å²) in [4.78, 5) is 7.38. The lowest BCUT2D eigenvalue weighted by atomic mass is 10.3. The molecule has 0 amide bonds. The predicted molar refractivity (Wildman–Crippen MR) is 88.3 cm³/mol. The van der Waals surface area contributed by atoms with Gasteiger partial charge in [-0.2, -0.15) is 0 Å². The minimum atomic E-state index is 0.853.